The highest BCUT2D eigenvalue weighted by Crippen LogP contribution is 1.87. The van der Waals surface area contributed by atoms with Crippen LogP contribution in [-0.4, -0.2) is 17.6 Å². The van der Waals surface area contributed by atoms with Crippen molar-refractivity contribution in [1.82, 2.24) is 5.43 Å². The Balaban J connectivity index is 2.94. The molecule has 0 unspecified atom stereocenters. The van der Waals surface area contributed by atoms with Gasteiger partial charge in [0.15, 0.2) is 0 Å². The molecule has 0 aromatic carbocycles. The summed E-state index contributed by atoms with van der Waals surface area (Å²) in [5, 5.41) is 5.61. The van der Waals surface area contributed by atoms with Crippen molar-refractivity contribution in [3.05, 3.63) is 0 Å². The molecule has 6 nitrogen and oxygen atoms in total. The summed E-state index contributed by atoms with van der Waals surface area (Å²) < 4.78 is 0. The normalized spacial score (nSPS) is 18.0. The topological polar surface area (TPSA) is 88.0 Å². The molecule has 0 saturated heterocycles. The number of nitrogens with one attached hydrogen (secondary N) is 1. The van der Waals surface area contributed by atoms with E-state index in [9.17, 15) is 14.4 Å². The molecule has 46 valence electrons. The van der Waals surface area contributed by atoms with E-state index in [1.807, 2.05) is 0 Å². The van der Waals surface area contributed by atoms with Gasteiger partial charge in [-0.25, -0.2) is 5.43 Å². The second kappa shape index (κ2) is 1.73. The molecule has 0 aliphatic carbocycles. The second-order valence-electron chi connectivity index (χ2n) is 1.28. The fourth-order valence-corrected chi connectivity index (χ4v) is 0.309. The van der Waals surface area contributed by atoms with Gasteiger partial charge in [0.05, 0.1) is 0 Å². The van der Waals surface area contributed by atoms with E-state index in [4.69, 9.17) is 0 Å². The molecule has 0 fully saturated rings. The molecule has 1 aliphatic rings. The lowest BCUT2D eigenvalue weighted by atomic mass is 10.3. The summed E-state index contributed by atoms with van der Waals surface area (Å²) >= 11 is 0. The average Bonchev–Trinajstić information content (AvgIpc) is 1.83. The zero-order valence-corrected chi connectivity index (χ0v) is 4.12. The Labute approximate surface area is 48.9 Å². The third kappa shape index (κ3) is 0.809. The number of Topliss-reactive ketones (excluding diaryl/α,β-unsaturated/α-hetero) is 1. The molecule has 1 rings (SSSR count). The number of amides is 2. The first-order valence-electron chi connectivity index (χ1n) is 2.01. The number of carbonyl (C=O) groups is 3. The first-order chi connectivity index (χ1) is 4.22. The SMILES string of the molecule is O=C1N=NNC(=O)C1=O. The molecule has 0 saturated carbocycles. The lowest BCUT2D eigenvalue weighted by Crippen LogP contribution is -2.35. The van der Waals surface area contributed by atoms with Crippen LogP contribution < -0.4 is 5.43 Å². The fourth-order valence-electron chi connectivity index (χ4n) is 0.309. The van der Waals surface area contributed by atoms with Crippen molar-refractivity contribution in [3.8, 4) is 0 Å². The standard InChI is InChI=1S/C3HN3O3/c7-1-2(8)4-6-5-3(1)9/h(H,4,5,8,9). The quantitative estimate of drug-likeness (QED) is 0.405. The highest BCUT2D eigenvalue weighted by Gasteiger charge is 2.25. The van der Waals surface area contributed by atoms with Crippen LogP contribution in [0.1, 0.15) is 0 Å². The zero-order chi connectivity index (χ0) is 6.85. The van der Waals surface area contributed by atoms with Crippen LogP contribution in [0.25, 0.3) is 0 Å². The van der Waals surface area contributed by atoms with Gasteiger partial charge in [0.2, 0.25) is 0 Å². The monoisotopic (exact) mass is 127 g/mol. The van der Waals surface area contributed by atoms with Gasteiger partial charge in [-0.1, -0.05) is 10.3 Å². The molecule has 0 aromatic heterocycles. The van der Waals surface area contributed by atoms with Crippen molar-refractivity contribution in [3.63, 3.8) is 0 Å². The van der Waals surface area contributed by atoms with E-state index < -0.39 is 17.6 Å². The summed E-state index contributed by atoms with van der Waals surface area (Å²) in [6.07, 6.45) is 0. The van der Waals surface area contributed by atoms with E-state index in [0.29, 0.717) is 0 Å². The minimum Gasteiger partial charge on any atom is -0.277 e. The van der Waals surface area contributed by atoms with Crippen LogP contribution in [-0.2, 0) is 14.4 Å². The van der Waals surface area contributed by atoms with E-state index in [0.717, 1.165) is 0 Å². The predicted octanol–water partition coefficient (Wildman–Crippen LogP) is -1.42. The predicted molar refractivity (Wildman–Crippen MR) is 23.0 cm³/mol. The Morgan fingerprint density at radius 3 is 2.33 bits per heavy atom. The largest absolute Gasteiger partial charge is 0.343 e. The van der Waals surface area contributed by atoms with Crippen molar-refractivity contribution in [2.45, 2.75) is 0 Å². The molecule has 0 spiro atoms. The number of carbonyl (C=O) groups excluding carboxylic acids is 3. The third-order valence-electron chi connectivity index (χ3n) is 0.693. The maximum absolute atomic E-state index is 10.2. The molecule has 0 bridgehead atoms. The molecule has 0 atom stereocenters. The van der Waals surface area contributed by atoms with Gasteiger partial charge in [0.25, 0.3) is 0 Å². The molecular weight excluding hydrogens is 126 g/mol. The van der Waals surface area contributed by atoms with E-state index in [1.165, 1.54) is 0 Å². The summed E-state index contributed by atoms with van der Waals surface area (Å²) in [6.45, 7) is 0. The smallest absolute Gasteiger partial charge is 0.277 e. The molecule has 1 aliphatic heterocycles. The Hall–Kier alpha value is -1.59. The lowest BCUT2D eigenvalue weighted by molar-refractivity contribution is -0.146. The number of hydrogen-bond acceptors (Lipinski definition) is 4. The maximum atomic E-state index is 10.2. The highest BCUT2D eigenvalue weighted by molar-refractivity contribution is 6.63. The van der Waals surface area contributed by atoms with Gasteiger partial charge in [-0.15, -0.1) is 0 Å². The van der Waals surface area contributed by atoms with Crippen molar-refractivity contribution >= 4 is 17.6 Å². The molecule has 1 heterocycles. The van der Waals surface area contributed by atoms with Gasteiger partial charge in [-0.2, -0.15) is 0 Å². The van der Waals surface area contributed by atoms with Gasteiger partial charge in [-0.05, 0) is 0 Å². The van der Waals surface area contributed by atoms with Crippen LogP contribution in [0.3, 0.4) is 0 Å². The van der Waals surface area contributed by atoms with Crippen LogP contribution in [0, 0.1) is 0 Å². The summed E-state index contributed by atoms with van der Waals surface area (Å²) in [5.41, 5.74) is 1.71. The van der Waals surface area contributed by atoms with Gasteiger partial charge >= 0.3 is 17.6 Å². The van der Waals surface area contributed by atoms with Crippen LogP contribution in [0.2, 0.25) is 0 Å². The van der Waals surface area contributed by atoms with Crippen LogP contribution >= 0.6 is 0 Å². The summed E-state index contributed by atoms with van der Waals surface area (Å²) in [5.74, 6) is -3.33. The van der Waals surface area contributed by atoms with Crippen molar-refractivity contribution in [2.75, 3.05) is 0 Å². The van der Waals surface area contributed by atoms with Gasteiger partial charge in [0.1, 0.15) is 0 Å². The first kappa shape index (κ1) is 5.54. The maximum Gasteiger partial charge on any atom is 0.343 e. The van der Waals surface area contributed by atoms with Crippen LogP contribution in [0.4, 0.5) is 0 Å². The van der Waals surface area contributed by atoms with Crippen molar-refractivity contribution in [2.24, 2.45) is 10.3 Å². The minimum absolute atomic E-state index is 1.03. The second-order valence-corrected chi connectivity index (χ2v) is 1.28. The molecule has 0 aromatic rings. The summed E-state index contributed by atoms with van der Waals surface area (Å²) in [4.78, 5) is 30.5. The van der Waals surface area contributed by atoms with E-state index in [2.05, 4.69) is 10.3 Å². The number of rotatable bonds is 0. The van der Waals surface area contributed by atoms with Gasteiger partial charge in [0, 0.05) is 0 Å². The Morgan fingerprint density at radius 1 is 1.22 bits per heavy atom. The van der Waals surface area contributed by atoms with E-state index >= 15 is 0 Å². The number of hydrogen-bond donors (Lipinski definition) is 1. The minimum atomic E-state index is -1.18. The number of ketones is 1. The third-order valence-corrected chi connectivity index (χ3v) is 0.693. The summed E-state index contributed by atoms with van der Waals surface area (Å²) in [7, 11) is 0. The first-order valence-corrected chi connectivity index (χ1v) is 2.01. The van der Waals surface area contributed by atoms with Crippen LogP contribution in [0.5, 0.6) is 0 Å². The average molecular weight is 127 g/mol. The molecule has 0 radical (unpaired) electrons. The highest BCUT2D eigenvalue weighted by atomic mass is 16.2. The van der Waals surface area contributed by atoms with Crippen molar-refractivity contribution in [1.29, 1.82) is 0 Å². The van der Waals surface area contributed by atoms with Gasteiger partial charge in [-0.3, -0.25) is 14.4 Å². The fraction of sp³-hybridized carbons (Fsp3) is 0. The molecule has 6 heteroatoms. The lowest BCUT2D eigenvalue weighted by Gasteiger charge is -1.96. The zero-order valence-electron chi connectivity index (χ0n) is 4.12. The number of nitrogens with zero attached hydrogens (tertiary/aromatic N) is 2. The van der Waals surface area contributed by atoms with Gasteiger partial charge < -0.3 is 0 Å². The van der Waals surface area contributed by atoms with Crippen LogP contribution in [0.15, 0.2) is 10.3 Å². The van der Waals surface area contributed by atoms with Crippen molar-refractivity contribution < 1.29 is 14.4 Å². The Bertz CT molecular complexity index is 218. The molecular formula is C3HN3O3. The van der Waals surface area contributed by atoms with E-state index in [-0.39, 0.29) is 0 Å². The van der Waals surface area contributed by atoms with E-state index in [1.54, 1.807) is 5.43 Å². The Kier molecular flexibility index (Phi) is 1.07. The summed E-state index contributed by atoms with van der Waals surface area (Å²) in [6, 6.07) is 0. The molecule has 2 amide bonds. The Morgan fingerprint density at radius 2 is 1.89 bits per heavy atom. The molecule has 1 N–H and O–H groups in total. The molecule has 9 heavy (non-hydrogen) atoms.